The number of ether oxygens (including phenoxy) is 1. The summed E-state index contributed by atoms with van der Waals surface area (Å²) in [5.74, 6) is 1.22. The number of hydrogen-bond donors (Lipinski definition) is 1. The Balaban J connectivity index is 1.27. The van der Waals surface area contributed by atoms with Crippen molar-refractivity contribution in [1.82, 2.24) is 20.1 Å². The van der Waals surface area contributed by atoms with Gasteiger partial charge in [-0.1, -0.05) is 23.7 Å². The van der Waals surface area contributed by atoms with E-state index in [1.54, 1.807) is 11.3 Å². The molecule has 0 aliphatic carbocycles. The molecule has 1 saturated heterocycles. The highest BCUT2D eigenvalue weighted by molar-refractivity contribution is 7.11. The number of rotatable bonds is 7. The first-order valence-electron chi connectivity index (χ1n) is 9.22. The molecule has 1 aromatic carbocycles. The van der Waals surface area contributed by atoms with Crippen LogP contribution in [0.25, 0.3) is 0 Å². The summed E-state index contributed by atoms with van der Waals surface area (Å²) in [7, 11) is 0. The molecular formula is C20H23ClN4OS. The third kappa shape index (κ3) is 4.69. The van der Waals surface area contributed by atoms with Gasteiger partial charge in [-0.25, -0.2) is 4.98 Å². The third-order valence-electron chi connectivity index (χ3n) is 4.86. The number of likely N-dealkylation sites (tertiary alicyclic amines) is 1. The first kappa shape index (κ1) is 18.5. The summed E-state index contributed by atoms with van der Waals surface area (Å²) >= 11 is 7.90. The maximum absolute atomic E-state index is 6.12. The van der Waals surface area contributed by atoms with Gasteiger partial charge < -0.3 is 4.74 Å². The second kappa shape index (κ2) is 8.42. The lowest BCUT2D eigenvalue weighted by atomic mass is 10.0. The predicted octanol–water partition coefficient (Wildman–Crippen LogP) is 4.44. The zero-order chi connectivity index (χ0) is 18.6. The van der Waals surface area contributed by atoms with E-state index in [0.717, 1.165) is 54.6 Å². The molecule has 1 fully saturated rings. The summed E-state index contributed by atoms with van der Waals surface area (Å²) in [5.41, 5.74) is 2.26. The van der Waals surface area contributed by atoms with Crippen LogP contribution in [-0.2, 0) is 13.0 Å². The van der Waals surface area contributed by atoms with Gasteiger partial charge in [0.25, 0.3) is 0 Å². The van der Waals surface area contributed by atoms with Gasteiger partial charge in [0.2, 0.25) is 0 Å². The topological polar surface area (TPSA) is 54.0 Å². The Labute approximate surface area is 168 Å². The molecule has 0 radical (unpaired) electrons. The maximum Gasteiger partial charge on any atom is 0.137 e. The second-order valence-electron chi connectivity index (χ2n) is 6.91. The largest absolute Gasteiger partial charge is 0.492 e. The summed E-state index contributed by atoms with van der Waals surface area (Å²) in [6.45, 7) is 5.79. The number of benzene rings is 1. The van der Waals surface area contributed by atoms with Crippen molar-refractivity contribution in [2.45, 2.75) is 32.2 Å². The molecular weight excluding hydrogens is 380 g/mol. The number of aromatic nitrogens is 3. The summed E-state index contributed by atoms with van der Waals surface area (Å²) in [4.78, 5) is 8.18. The minimum Gasteiger partial charge on any atom is -0.492 e. The van der Waals surface area contributed by atoms with Crippen molar-refractivity contribution < 1.29 is 4.74 Å². The fourth-order valence-corrected chi connectivity index (χ4v) is 4.49. The highest BCUT2D eigenvalue weighted by Crippen LogP contribution is 2.28. The Morgan fingerprint density at radius 2 is 2.26 bits per heavy atom. The zero-order valence-electron chi connectivity index (χ0n) is 15.3. The lowest BCUT2D eigenvalue weighted by Gasteiger charge is -2.13. The molecule has 0 saturated carbocycles. The molecule has 1 unspecified atom stereocenters. The SMILES string of the molecule is Cc1ncc(CN2CCC(c3cc(CCOc4ccccc4Cl)[nH]n3)C2)s1. The van der Waals surface area contributed by atoms with Crippen molar-refractivity contribution in [2.75, 3.05) is 19.7 Å². The molecule has 2 aromatic heterocycles. The molecule has 0 amide bonds. The molecule has 142 valence electrons. The quantitative estimate of drug-likeness (QED) is 0.634. The van der Waals surface area contributed by atoms with Crippen molar-refractivity contribution in [1.29, 1.82) is 0 Å². The fraction of sp³-hybridized carbons (Fsp3) is 0.400. The summed E-state index contributed by atoms with van der Waals surface area (Å²) in [6.07, 6.45) is 3.94. The third-order valence-corrected chi connectivity index (χ3v) is 6.07. The van der Waals surface area contributed by atoms with Gasteiger partial charge in [-0.05, 0) is 38.1 Å². The van der Waals surface area contributed by atoms with E-state index in [1.165, 1.54) is 4.88 Å². The number of nitrogens with zero attached hydrogens (tertiary/aromatic N) is 3. The summed E-state index contributed by atoms with van der Waals surface area (Å²) in [6, 6.07) is 9.73. The number of H-pyrrole nitrogens is 1. The number of halogens is 1. The molecule has 1 atom stereocenters. The van der Waals surface area contributed by atoms with Crippen molar-refractivity contribution in [3.63, 3.8) is 0 Å². The van der Waals surface area contributed by atoms with Crippen LogP contribution in [0.5, 0.6) is 5.75 Å². The van der Waals surface area contributed by atoms with Crippen LogP contribution in [0.1, 0.15) is 33.6 Å². The fourth-order valence-electron chi connectivity index (χ4n) is 3.47. The first-order valence-corrected chi connectivity index (χ1v) is 10.4. The molecule has 3 aromatic rings. The van der Waals surface area contributed by atoms with Gasteiger partial charge in [-0.3, -0.25) is 10.00 Å². The van der Waals surface area contributed by atoms with Crippen molar-refractivity contribution in [2.24, 2.45) is 0 Å². The Bertz CT molecular complexity index is 894. The maximum atomic E-state index is 6.12. The summed E-state index contributed by atoms with van der Waals surface area (Å²) < 4.78 is 5.77. The van der Waals surface area contributed by atoms with E-state index in [9.17, 15) is 0 Å². The van der Waals surface area contributed by atoms with E-state index in [4.69, 9.17) is 16.3 Å². The van der Waals surface area contributed by atoms with E-state index < -0.39 is 0 Å². The highest BCUT2D eigenvalue weighted by Gasteiger charge is 2.26. The lowest BCUT2D eigenvalue weighted by Crippen LogP contribution is -2.19. The average Bonchev–Trinajstić information content (AvgIpc) is 3.38. The van der Waals surface area contributed by atoms with Gasteiger partial charge in [-0.2, -0.15) is 5.10 Å². The molecule has 27 heavy (non-hydrogen) atoms. The molecule has 5 nitrogen and oxygen atoms in total. The standard InChI is InChI=1S/C20H23ClN4OS/c1-14-22-11-17(27-14)13-25-8-6-15(12-25)19-10-16(23-24-19)7-9-26-20-5-3-2-4-18(20)21/h2-5,10-11,15H,6-9,12-13H2,1H3,(H,23,24). The minimum absolute atomic E-state index is 0.494. The molecule has 4 rings (SSSR count). The van der Waals surface area contributed by atoms with Crippen molar-refractivity contribution in [3.8, 4) is 5.75 Å². The summed E-state index contributed by atoms with van der Waals surface area (Å²) in [5, 5.41) is 9.49. The van der Waals surface area contributed by atoms with Crippen LogP contribution in [0.2, 0.25) is 5.02 Å². The molecule has 1 aliphatic rings. The lowest BCUT2D eigenvalue weighted by molar-refractivity contribution is 0.320. The van der Waals surface area contributed by atoms with Crippen LogP contribution in [-0.4, -0.2) is 39.8 Å². The number of thiazole rings is 1. The van der Waals surface area contributed by atoms with Gasteiger partial charge in [0.05, 0.1) is 22.3 Å². The van der Waals surface area contributed by atoms with Gasteiger partial charge >= 0.3 is 0 Å². The Morgan fingerprint density at radius 3 is 3.07 bits per heavy atom. The van der Waals surface area contributed by atoms with Crippen LogP contribution in [0.15, 0.2) is 36.5 Å². The van der Waals surface area contributed by atoms with Crippen LogP contribution in [0.4, 0.5) is 0 Å². The van der Waals surface area contributed by atoms with E-state index in [0.29, 0.717) is 17.5 Å². The monoisotopic (exact) mass is 402 g/mol. The minimum atomic E-state index is 0.494. The van der Waals surface area contributed by atoms with Gasteiger partial charge in [0, 0.05) is 42.2 Å². The number of hydrogen-bond acceptors (Lipinski definition) is 5. The van der Waals surface area contributed by atoms with E-state index in [1.807, 2.05) is 30.5 Å². The van der Waals surface area contributed by atoms with Crippen LogP contribution in [0, 0.1) is 6.92 Å². The average molecular weight is 403 g/mol. The van der Waals surface area contributed by atoms with Gasteiger partial charge in [-0.15, -0.1) is 11.3 Å². The number of aromatic amines is 1. The number of nitrogens with one attached hydrogen (secondary N) is 1. The van der Waals surface area contributed by atoms with Crippen molar-refractivity contribution in [3.05, 3.63) is 62.8 Å². The molecule has 0 bridgehead atoms. The molecule has 0 spiro atoms. The van der Waals surface area contributed by atoms with E-state index in [2.05, 4.69) is 33.1 Å². The zero-order valence-corrected chi connectivity index (χ0v) is 16.9. The second-order valence-corrected chi connectivity index (χ2v) is 8.64. The van der Waals surface area contributed by atoms with Crippen LogP contribution < -0.4 is 4.74 Å². The number of aryl methyl sites for hydroxylation is 1. The van der Waals surface area contributed by atoms with Gasteiger partial charge in [0.1, 0.15) is 5.75 Å². The molecule has 1 N–H and O–H groups in total. The normalized spacial score (nSPS) is 17.5. The van der Waals surface area contributed by atoms with Crippen molar-refractivity contribution >= 4 is 22.9 Å². The smallest absolute Gasteiger partial charge is 0.137 e. The van der Waals surface area contributed by atoms with Crippen LogP contribution >= 0.6 is 22.9 Å². The molecule has 3 heterocycles. The van der Waals surface area contributed by atoms with Gasteiger partial charge in [0.15, 0.2) is 0 Å². The number of para-hydroxylation sites is 1. The van der Waals surface area contributed by atoms with E-state index in [-0.39, 0.29) is 0 Å². The Morgan fingerprint density at radius 1 is 1.37 bits per heavy atom. The highest BCUT2D eigenvalue weighted by atomic mass is 35.5. The molecule has 7 heteroatoms. The first-order chi connectivity index (χ1) is 13.2. The molecule has 1 aliphatic heterocycles. The predicted molar refractivity (Wildman–Crippen MR) is 109 cm³/mol. The van der Waals surface area contributed by atoms with Crippen LogP contribution in [0.3, 0.4) is 0 Å². The Hall–Kier alpha value is -1.89. The van der Waals surface area contributed by atoms with E-state index >= 15 is 0 Å². The Kier molecular flexibility index (Phi) is 5.76.